The molecular weight excluding hydrogens is 388 g/mol. The van der Waals surface area contributed by atoms with E-state index in [1.54, 1.807) is 4.90 Å². The van der Waals surface area contributed by atoms with Crippen LogP contribution in [-0.2, 0) is 16.6 Å². The smallest absolute Gasteiger partial charge is 0.407 e. The number of hydrogen-bond donors (Lipinski definition) is 2. The highest BCUT2D eigenvalue weighted by Crippen LogP contribution is 2.50. The molecule has 0 radical (unpaired) electrons. The van der Waals surface area contributed by atoms with Crippen LogP contribution in [0.5, 0.6) is 0 Å². The van der Waals surface area contributed by atoms with E-state index in [1.165, 1.54) is 30.4 Å². The van der Waals surface area contributed by atoms with Gasteiger partial charge in [-0.3, -0.25) is 4.79 Å². The number of unbranched alkanes of at least 4 members (excludes halogenated alkanes) is 4. The van der Waals surface area contributed by atoms with Crippen LogP contribution in [0.4, 0.5) is 4.79 Å². The molecule has 1 saturated heterocycles. The predicted molar refractivity (Wildman–Crippen MR) is 124 cm³/mol. The van der Waals surface area contributed by atoms with Crippen LogP contribution < -0.4 is 5.32 Å². The van der Waals surface area contributed by atoms with Crippen molar-refractivity contribution in [1.29, 1.82) is 0 Å². The van der Waals surface area contributed by atoms with Crippen LogP contribution >= 0.6 is 0 Å². The Morgan fingerprint density at radius 2 is 1.87 bits per heavy atom. The molecule has 172 valence electrons. The van der Waals surface area contributed by atoms with Crippen LogP contribution in [0.1, 0.15) is 90.2 Å². The van der Waals surface area contributed by atoms with E-state index < -0.39 is 6.09 Å². The number of carboxylic acid groups (broad SMARTS) is 1. The van der Waals surface area contributed by atoms with E-state index in [0.717, 1.165) is 32.1 Å². The molecule has 2 N–H and O–H groups in total. The Bertz CT molecular complexity index is 785. The van der Waals surface area contributed by atoms with Crippen LogP contribution in [0.2, 0.25) is 0 Å². The van der Waals surface area contributed by atoms with Crippen LogP contribution in [0, 0.1) is 5.41 Å². The van der Waals surface area contributed by atoms with Gasteiger partial charge in [-0.1, -0.05) is 77.6 Å². The molecule has 0 saturated carbocycles. The lowest BCUT2D eigenvalue weighted by Crippen LogP contribution is -2.60. The number of carbonyl (C=O) groups excluding carboxylic acids is 1. The molecule has 0 aromatic heterocycles. The highest BCUT2D eigenvalue weighted by Gasteiger charge is 2.54. The minimum Gasteiger partial charge on any atom is -0.465 e. The molecule has 1 spiro atoms. The molecule has 3 unspecified atom stereocenters. The number of nitrogens with zero attached hydrogens (tertiary/aromatic N) is 1. The van der Waals surface area contributed by atoms with E-state index in [1.807, 2.05) is 0 Å². The van der Waals surface area contributed by atoms with Gasteiger partial charge in [0.05, 0.1) is 0 Å². The number of hydrogen-bond acceptors (Lipinski definition) is 2. The van der Waals surface area contributed by atoms with E-state index in [0.29, 0.717) is 13.0 Å². The molecule has 2 amide bonds. The highest BCUT2D eigenvalue weighted by molar-refractivity contribution is 5.77. The Kier molecular flexibility index (Phi) is 7.33. The maximum atomic E-state index is 12.8. The minimum absolute atomic E-state index is 0.0360. The fourth-order valence-electron chi connectivity index (χ4n) is 5.73. The first kappa shape index (κ1) is 23.6. The number of nitrogens with one attached hydrogen (secondary N) is 1. The third-order valence-corrected chi connectivity index (χ3v) is 7.47. The van der Waals surface area contributed by atoms with Crippen molar-refractivity contribution in [2.24, 2.45) is 5.41 Å². The first-order chi connectivity index (χ1) is 14.7. The molecule has 2 aliphatic rings. The van der Waals surface area contributed by atoms with Crippen LogP contribution in [-0.4, -0.2) is 40.6 Å². The topological polar surface area (TPSA) is 69.6 Å². The summed E-state index contributed by atoms with van der Waals surface area (Å²) in [6.45, 7) is 9.07. The summed E-state index contributed by atoms with van der Waals surface area (Å²) in [5, 5.41) is 13.2. The average molecular weight is 429 g/mol. The SMILES string of the molecule is CCCCCCCC(=O)NC1Cc2ccccc2C12CCN(C(=O)O)C(C(C)(C)C)C2. The molecule has 1 fully saturated rings. The predicted octanol–water partition coefficient (Wildman–Crippen LogP) is 5.51. The molecular formula is C26H40N2O3. The number of rotatable bonds is 7. The second kappa shape index (κ2) is 9.62. The number of likely N-dealkylation sites (tertiary alicyclic amines) is 1. The first-order valence-electron chi connectivity index (χ1n) is 12.1. The molecule has 1 aliphatic heterocycles. The summed E-state index contributed by atoms with van der Waals surface area (Å²) in [5.74, 6) is 0.140. The summed E-state index contributed by atoms with van der Waals surface area (Å²) in [6, 6.07) is 8.46. The van der Waals surface area contributed by atoms with Gasteiger partial charge < -0.3 is 15.3 Å². The van der Waals surface area contributed by atoms with Crippen molar-refractivity contribution < 1.29 is 14.7 Å². The quantitative estimate of drug-likeness (QED) is 0.562. The molecule has 31 heavy (non-hydrogen) atoms. The van der Waals surface area contributed by atoms with Crippen molar-refractivity contribution in [1.82, 2.24) is 10.2 Å². The molecule has 3 atom stereocenters. The van der Waals surface area contributed by atoms with Gasteiger partial charge in [0, 0.05) is 30.5 Å². The lowest BCUT2D eigenvalue weighted by molar-refractivity contribution is -0.122. The summed E-state index contributed by atoms with van der Waals surface area (Å²) in [5.41, 5.74) is 2.24. The molecule has 1 aliphatic carbocycles. The van der Waals surface area contributed by atoms with Crippen molar-refractivity contribution in [2.45, 2.75) is 103 Å². The zero-order valence-electron chi connectivity index (χ0n) is 19.7. The average Bonchev–Trinajstić information content (AvgIpc) is 3.00. The Hall–Kier alpha value is -2.04. The number of piperidine rings is 1. The van der Waals surface area contributed by atoms with Gasteiger partial charge in [0.2, 0.25) is 5.91 Å². The van der Waals surface area contributed by atoms with Crippen molar-refractivity contribution in [3.63, 3.8) is 0 Å². The molecule has 1 aromatic rings. The summed E-state index contributed by atoms with van der Waals surface area (Å²) in [6.07, 6.45) is 7.76. The van der Waals surface area contributed by atoms with Gasteiger partial charge in [0.1, 0.15) is 0 Å². The molecule has 1 aromatic carbocycles. The van der Waals surface area contributed by atoms with E-state index >= 15 is 0 Å². The molecule has 0 bridgehead atoms. The molecule has 5 heteroatoms. The number of carbonyl (C=O) groups is 2. The second-order valence-corrected chi connectivity index (χ2v) is 10.6. The van der Waals surface area contributed by atoms with E-state index in [2.05, 4.69) is 57.3 Å². The summed E-state index contributed by atoms with van der Waals surface area (Å²) in [7, 11) is 0. The van der Waals surface area contributed by atoms with Gasteiger partial charge in [-0.2, -0.15) is 0 Å². The van der Waals surface area contributed by atoms with E-state index in [-0.39, 0.29) is 28.8 Å². The molecule has 5 nitrogen and oxygen atoms in total. The standard InChI is InChI=1S/C26H40N2O3/c1-5-6-7-8-9-14-23(29)27-21-17-19-12-10-11-13-20(19)26(21)15-16-28(24(30)31)22(18-26)25(2,3)4/h10-13,21-22H,5-9,14-18H2,1-4H3,(H,27,29)(H,30,31). The first-order valence-corrected chi connectivity index (χ1v) is 12.1. The molecule has 1 heterocycles. The molecule has 3 rings (SSSR count). The highest BCUT2D eigenvalue weighted by atomic mass is 16.4. The lowest BCUT2D eigenvalue weighted by Gasteiger charge is -2.51. The fraction of sp³-hybridized carbons (Fsp3) is 0.692. The van der Waals surface area contributed by atoms with Crippen molar-refractivity contribution in [3.8, 4) is 0 Å². The van der Waals surface area contributed by atoms with E-state index in [9.17, 15) is 14.7 Å². The maximum Gasteiger partial charge on any atom is 0.407 e. The minimum atomic E-state index is -0.839. The third-order valence-electron chi connectivity index (χ3n) is 7.47. The third kappa shape index (κ3) is 5.07. The Morgan fingerprint density at radius 1 is 1.16 bits per heavy atom. The van der Waals surface area contributed by atoms with Gasteiger partial charge >= 0.3 is 6.09 Å². The fourth-order valence-corrected chi connectivity index (χ4v) is 5.73. The van der Waals surface area contributed by atoms with Gasteiger partial charge in [-0.05, 0) is 42.2 Å². The normalized spacial score (nSPS) is 25.5. The van der Waals surface area contributed by atoms with Crippen LogP contribution in [0.15, 0.2) is 24.3 Å². The van der Waals surface area contributed by atoms with Gasteiger partial charge in [-0.25, -0.2) is 4.79 Å². The maximum absolute atomic E-state index is 12.8. The summed E-state index contributed by atoms with van der Waals surface area (Å²) in [4.78, 5) is 26.4. The van der Waals surface area contributed by atoms with Gasteiger partial charge in [0.25, 0.3) is 0 Å². The number of fused-ring (bicyclic) bond motifs is 2. The largest absolute Gasteiger partial charge is 0.465 e. The lowest BCUT2D eigenvalue weighted by atomic mass is 9.64. The summed E-state index contributed by atoms with van der Waals surface area (Å²) >= 11 is 0. The van der Waals surface area contributed by atoms with Crippen LogP contribution in [0.3, 0.4) is 0 Å². The van der Waals surface area contributed by atoms with Crippen molar-refractivity contribution >= 4 is 12.0 Å². The van der Waals surface area contributed by atoms with E-state index in [4.69, 9.17) is 0 Å². The number of amides is 2. The second-order valence-electron chi connectivity index (χ2n) is 10.6. The van der Waals surface area contributed by atoms with Crippen LogP contribution in [0.25, 0.3) is 0 Å². The zero-order valence-corrected chi connectivity index (χ0v) is 19.7. The Labute approximate surface area is 187 Å². The van der Waals surface area contributed by atoms with Crippen molar-refractivity contribution in [2.75, 3.05) is 6.54 Å². The zero-order chi connectivity index (χ0) is 22.6. The monoisotopic (exact) mass is 428 g/mol. The summed E-state index contributed by atoms with van der Waals surface area (Å²) < 4.78 is 0. The van der Waals surface area contributed by atoms with Crippen molar-refractivity contribution in [3.05, 3.63) is 35.4 Å². The van der Waals surface area contributed by atoms with Gasteiger partial charge in [0.15, 0.2) is 0 Å². The van der Waals surface area contributed by atoms with Gasteiger partial charge in [-0.15, -0.1) is 0 Å². The Balaban J connectivity index is 1.81. The Morgan fingerprint density at radius 3 is 2.55 bits per heavy atom. The number of benzene rings is 1.